The second-order valence-corrected chi connectivity index (χ2v) is 4.44. The Morgan fingerprint density at radius 2 is 2.06 bits per heavy atom. The van der Waals surface area contributed by atoms with Crippen molar-refractivity contribution in [2.75, 3.05) is 19.0 Å². The number of anilines is 1. The average Bonchev–Trinajstić information content (AvgIpc) is 2.83. The molecule has 0 atom stereocenters. The molecular weight excluding hydrogens is 343 g/mol. The maximum absolute atomic E-state index is 4.65. The van der Waals surface area contributed by atoms with Gasteiger partial charge in [0.05, 0.1) is 19.6 Å². The number of nitrogens with zero attached hydrogens (tertiary/aromatic N) is 6. The maximum atomic E-state index is 4.65. The normalized spacial score (nSPS) is 10.9. The van der Waals surface area contributed by atoms with Crippen molar-refractivity contribution < 1.29 is 28.5 Å². The van der Waals surface area contributed by atoms with E-state index >= 15 is 0 Å². The molecule has 0 saturated carbocycles. The van der Waals surface area contributed by atoms with Crippen LogP contribution in [0.3, 0.4) is 0 Å². The van der Waals surface area contributed by atoms with E-state index in [1.54, 1.807) is 0 Å². The lowest BCUT2D eigenvalue weighted by atomic mass is 10.4. The van der Waals surface area contributed by atoms with E-state index in [4.69, 9.17) is 0 Å². The van der Waals surface area contributed by atoms with Gasteiger partial charge in [-0.1, -0.05) is 0 Å². The van der Waals surface area contributed by atoms with Gasteiger partial charge in [0.25, 0.3) is 0 Å². The predicted octanol–water partition coefficient (Wildman–Crippen LogP) is -2.88. The van der Waals surface area contributed by atoms with E-state index in [9.17, 15) is 0 Å². The fourth-order valence-corrected chi connectivity index (χ4v) is 2.09. The molecule has 0 fully saturated rings. The minimum Gasteiger partial charge on any atom is -1.00 e. The van der Waals surface area contributed by atoms with Crippen LogP contribution in [0.2, 0.25) is 0 Å². The van der Waals surface area contributed by atoms with E-state index in [2.05, 4.69) is 14.4 Å². The molecule has 0 bridgehead atoms. The van der Waals surface area contributed by atoms with Crippen LogP contribution in [0.15, 0.2) is 18.7 Å². The molecule has 7 heteroatoms. The van der Waals surface area contributed by atoms with Crippen molar-refractivity contribution in [3.8, 4) is 0 Å². The molecule has 0 N–H and O–H groups in total. The fourth-order valence-electron chi connectivity index (χ4n) is 2.09. The molecule has 6 nitrogen and oxygen atoms in total. The summed E-state index contributed by atoms with van der Waals surface area (Å²) in [6.45, 7) is 0. The molecular formula is C11H15IN6. The molecule has 0 aromatic carbocycles. The van der Waals surface area contributed by atoms with Gasteiger partial charge in [-0.15, -0.1) is 0 Å². The van der Waals surface area contributed by atoms with Gasteiger partial charge in [-0.2, -0.15) is 4.40 Å². The summed E-state index contributed by atoms with van der Waals surface area (Å²) in [4.78, 5) is 11.1. The number of rotatable bonds is 1. The van der Waals surface area contributed by atoms with Crippen LogP contribution in [0.5, 0.6) is 0 Å². The number of halogens is 1. The van der Waals surface area contributed by atoms with E-state index in [-0.39, 0.29) is 24.0 Å². The third-order valence-electron chi connectivity index (χ3n) is 2.95. The van der Waals surface area contributed by atoms with E-state index < -0.39 is 0 Å². The van der Waals surface area contributed by atoms with Crippen LogP contribution in [0, 0.1) is 0 Å². The Hall–Kier alpha value is -1.38. The summed E-state index contributed by atoms with van der Waals surface area (Å²) < 4.78 is 6.06. The Morgan fingerprint density at radius 1 is 1.33 bits per heavy atom. The molecule has 0 saturated heterocycles. The quantitative estimate of drug-likeness (QED) is 0.347. The molecule has 3 aromatic rings. The molecule has 96 valence electrons. The number of aromatic nitrogens is 5. The maximum Gasteiger partial charge on any atom is 0.406 e. The van der Waals surface area contributed by atoms with Crippen LogP contribution < -0.4 is 33.4 Å². The second kappa shape index (κ2) is 4.38. The first-order valence-corrected chi connectivity index (χ1v) is 5.44. The van der Waals surface area contributed by atoms with Gasteiger partial charge in [-0.3, -0.25) is 0 Å². The molecule has 3 rings (SSSR count). The number of aryl methyl sites for hydroxylation is 2. The van der Waals surface area contributed by atoms with Gasteiger partial charge in [0.15, 0.2) is 5.52 Å². The average molecular weight is 358 g/mol. The van der Waals surface area contributed by atoms with Gasteiger partial charge in [-0.05, 0) is 4.98 Å². The summed E-state index contributed by atoms with van der Waals surface area (Å²) in [5, 5.41) is 0. The molecule has 0 unspecified atom stereocenters. The van der Waals surface area contributed by atoms with Crippen molar-refractivity contribution in [2.45, 2.75) is 0 Å². The molecule has 0 amide bonds. The van der Waals surface area contributed by atoms with Crippen molar-refractivity contribution in [2.24, 2.45) is 14.1 Å². The van der Waals surface area contributed by atoms with Crippen LogP contribution in [0.4, 0.5) is 5.82 Å². The second-order valence-electron chi connectivity index (χ2n) is 4.44. The summed E-state index contributed by atoms with van der Waals surface area (Å²) >= 11 is 0. The molecule has 3 aromatic heterocycles. The van der Waals surface area contributed by atoms with Gasteiger partial charge < -0.3 is 33.4 Å². The zero-order valence-corrected chi connectivity index (χ0v) is 13.0. The minimum absolute atomic E-state index is 0. The van der Waals surface area contributed by atoms with Gasteiger partial charge in [0, 0.05) is 21.1 Å². The lowest BCUT2D eigenvalue weighted by Gasteiger charge is -2.08. The Morgan fingerprint density at radius 3 is 2.72 bits per heavy atom. The molecule has 0 radical (unpaired) electrons. The van der Waals surface area contributed by atoms with E-state index in [0.29, 0.717) is 0 Å². The van der Waals surface area contributed by atoms with Gasteiger partial charge in [-0.25, -0.2) is 9.55 Å². The summed E-state index contributed by atoms with van der Waals surface area (Å²) in [5.74, 6) is 1.80. The van der Waals surface area contributed by atoms with Crippen LogP contribution in [0.1, 0.15) is 0 Å². The van der Waals surface area contributed by atoms with Gasteiger partial charge in [0.1, 0.15) is 6.20 Å². The highest BCUT2D eigenvalue weighted by Gasteiger charge is 2.21. The first-order chi connectivity index (χ1) is 8.09. The summed E-state index contributed by atoms with van der Waals surface area (Å²) in [7, 11) is 7.95. The fraction of sp³-hybridized carbons (Fsp3) is 0.364. The monoisotopic (exact) mass is 358 g/mol. The highest BCUT2D eigenvalue weighted by atomic mass is 127. The van der Waals surface area contributed by atoms with Crippen LogP contribution in [-0.2, 0) is 14.1 Å². The van der Waals surface area contributed by atoms with E-state index in [0.717, 1.165) is 22.8 Å². The first-order valence-electron chi connectivity index (χ1n) is 5.44. The van der Waals surface area contributed by atoms with Gasteiger partial charge in [0.2, 0.25) is 11.5 Å². The summed E-state index contributed by atoms with van der Waals surface area (Å²) in [5.41, 5.74) is 1.97. The van der Waals surface area contributed by atoms with Crippen molar-refractivity contribution >= 4 is 22.8 Å². The van der Waals surface area contributed by atoms with Crippen LogP contribution in [-0.4, -0.2) is 33.0 Å². The van der Waals surface area contributed by atoms with Crippen molar-refractivity contribution in [1.82, 2.24) is 18.9 Å². The molecule has 0 spiro atoms. The topological polar surface area (TPSA) is 42.2 Å². The highest BCUT2D eigenvalue weighted by molar-refractivity contribution is 5.85. The first kappa shape index (κ1) is 13.1. The third-order valence-corrected chi connectivity index (χ3v) is 2.95. The Bertz CT molecular complexity index is 711. The smallest absolute Gasteiger partial charge is 0.406 e. The molecule has 18 heavy (non-hydrogen) atoms. The zero-order chi connectivity index (χ0) is 12.2. The molecule has 0 aliphatic heterocycles. The Balaban J connectivity index is 0.00000120. The van der Waals surface area contributed by atoms with Gasteiger partial charge >= 0.3 is 5.78 Å². The summed E-state index contributed by atoms with van der Waals surface area (Å²) in [6.07, 6.45) is 5.82. The summed E-state index contributed by atoms with van der Waals surface area (Å²) in [6, 6.07) is 0. The molecule has 0 aliphatic rings. The third kappa shape index (κ3) is 1.64. The standard InChI is InChI=1S/C11H15N6.HI/c1-14(2)9-8-10(16(4)7-12-8)17-6-5-15(3)11(17)13-9;/h5-7H,1-4H3;1H/q+1;/p-1. The molecule has 0 aliphatic carbocycles. The zero-order valence-electron chi connectivity index (χ0n) is 10.8. The number of fused-ring (bicyclic) bond motifs is 3. The Kier molecular flexibility index (Phi) is 3.18. The minimum atomic E-state index is 0. The predicted molar refractivity (Wildman–Crippen MR) is 65.0 cm³/mol. The van der Waals surface area contributed by atoms with Crippen molar-refractivity contribution in [3.63, 3.8) is 0 Å². The Labute approximate surface area is 122 Å². The highest BCUT2D eigenvalue weighted by Crippen LogP contribution is 2.22. The van der Waals surface area contributed by atoms with Crippen LogP contribution in [0.25, 0.3) is 16.9 Å². The van der Waals surface area contributed by atoms with E-state index in [1.165, 1.54) is 0 Å². The lowest BCUT2D eigenvalue weighted by molar-refractivity contribution is -0.646. The van der Waals surface area contributed by atoms with Crippen molar-refractivity contribution in [1.29, 1.82) is 0 Å². The van der Waals surface area contributed by atoms with Crippen LogP contribution >= 0.6 is 0 Å². The SMILES string of the molecule is CN(C)c1nc2n(cc[n+]2C)c2c1ncn2C.[I-]. The molecule has 3 heterocycles. The van der Waals surface area contributed by atoms with Crippen molar-refractivity contribution in [3.05, 3.63) is 18.7 Å². The van der Waals surface area contributed by atoms with E-state index in [1.807, 2.05) is 60.9 Å². The number of hydrogen-bond donors (Lipinski definition) is 0. The number of imidazole rings is 2. The number of hydrogen-bond acceptors (Lipinski definition) is 3. The lowest BCUT2D eigenvalue weighted by Crippen LogP contribution is -3.00. The largest absolute Gasteiger partial charge is 1.00 e.